The molecule has 0 saturated carbocycles. The summed E-state index contributed by atoms with van der Waals surface area (Å²) < 4.78 is 1.03. The van der Waals surface area contributed by atoms with E-state index in [-0.39, 0.29) is 5.91 Å². The molecule has 0 fully saturated rings. The van der Waals surface area contributed by atoms with Crippen molar-refractivity contribution < 1.29 is 9.59 Å². The summed E-state index contributed by atoms with van der Waals surface area (Å²) in [6.07, 6.45) is 0.808. The normalized spacial score (nSPS) is 13.4. The van der Waals surface area contributed by atoms with E-state index in [1.54, 1.807) is 12.1 Å². The summed E-state index contributed by atoms with van der Waals surface area (Å²) in [5.74, 6) is 0.0133. The maximum Gasteiger partial charge on any atom is 0.312 e. The van der Waals surface area contributed by atoms with Gasteiger partial charge in [-0.05, 0) is 39.7 Å². The minimum absolute atomic E-state index is 0.0133. The first-order valence-electron chi connectivity index (χ1n) is 8.72. The minimum Gasteiger partial charge on any atom is -0.357 e. The lowest BCUT2D eigenvalue weighted by Crippen LogP contribution is -2.35. The van der Waals surface area contributed by atoms with Crippen LogP contribution in [0.3, 0.4) is 0 Å². The Kier molecular flexibility index (Phi) is 4.61. The number of aromatic nitrogens is 1. The molecule has 0 saturated heterocycles. The van der Waals surface area contributed by atoms with Crippen LogP contribution >= 0.6 is 15.9 Å². The number of carbonyl (C=O) groups excluding carboxylic acids is 2. The van der Waals surface area contributed by atoms with Crippen LogP contribution in [-0.2, 0) is 19.5 Å². The highest BCUT2D eigenvalue weighted by atomic mass is 79.9. The van der Waals surface area contributed by atoms with Crippen LogP contribution in [0.1, 0.15) is 27.2 Å². The van der Waals surface area contributed by atoms with E-state index in [9.17, 15) is 9.59 Å². The molecule has 0 radical (unpaired) electrons. The zero-order valence-electron chi connectivity index (χ0n) is 14.6. The van der Waals surface area contributed by atoms with Crippen molar-refractivity contribution in [2.75, 3.05) is 6.54 Å². The van der Waals surface area contributed by atoms with Gasteiger partial charge in [0, 0.05) is 52.7 Å². The molecule has 1 aliphatic heterocycles. The summed E-state index contributed by atoms with van der Waals surface area (Å²) in [5.41, 5.74) is 10.1. The Morgan fingerprint density at radius 1 is 1.19 bits per heavy atom. The Bertz CT molecular complexity index is 1030. The van der Waals surface area contributed by atoms with Gasteiger partial charge in [-0.2, -0.15) is 0 Å². The fourth-order valence-electron chi connectivity index (χ4n) is 3.51. The summed E-state index contributed by atoms with van der Waals surface area (Å²) in [7, 11) is 0. The van der Waals surface area contributed by atoms with Gasteiger partial charge in [-0.25, -0.2) is 4.79 Å². The number of nitrogens with two attached hydrogens (primary N) is 1. The van der Waals surface area contributed by atoms with Gasteiger partial charge in [-0.15, -0.1) is 0 Å². The molecule has 7 heteroatoms. The predicted molar refractivity (Wildman–Crippen MR) is 107 cm³/mol. The van der Waals surface area contributed by atoms with E-state index in [4.69, 9.17) is 5.73 Å². The second-order valence-electron chi connectivity index (χ2n) is 6.64. The summed E-state index contributed by atoms with van der Waals surface area (Å²) in [6.45, 7) is 1.62. The number of para-hydroxylation sites is 1. The van der Waals surface area contributed by atoms with Crippen LogP contribution < -0.4 is 11.1 Å². The van der Waals surface area contributed by atoms with E-state index in [0.29, 0.717) is 25.2 Å². The number of amides is 3. The second-order valence-corrected chi connectivity index (χ2v) is 7.49. The molecular formula is C20H19BrN4O2. The van der Waals surface area contributed by atoms with Crippen molar-refractivity contribution >= 4 is 38.8 Å². The van der Waals surface area contributed by atoms with Gasteiger partial charge in [0.15, 0.2) is 0 Å². The summed E-state index contributed by atoms with van der Waals surface area (Å²) in [5, 5.41) is 3.70. The highest BCUT2D eigenvalue weighted by molar-refractivity contribution is 9.10. The van der Waals surface area contributed by atoms with Gasteiger partial charge >= 0.3 is 6.03 Å². The van der Waals surface area contributed by atoms with Gasteiger partial charge in [-0.3, -0.25) is 4.79 Å². The van der Waals surface area contributed by atoms with Crippen LogP contribution in [0.4, 0.5) is 4.79 Å². The summed E-state index contributed by atoms with van der Waals surface area (Å²) >= 11 is 3.59. The van der Waals surface area contributed by atoms with Gasteiger partial charge in [0.25, 0.3) is 5.91 Å². The summed E-state index contributed by atoms with van der Waals surface area (Å²) in [4.78, 5) is 29.1. The molecule has 2 aromatic carbocycles. The SMILES string of the molecule is NC(=O)NCc1ccc(C(=O)N2CCc3[nH]c4c(Br)cccc4c3C2)cc1. The maximum atomic E-state index is 12.9. The van der Waals surface area contributed by atoms with Gasteiger partial charge in [-0.1, -0.05) is 24.3 Å². The molecule has 1 aromatic heterocycles. The van der Waals surface area contributed by atoms with Crippen molar-refractivity contribution in [2.24, 2.45) is 5.73 Å². The average molecular weight is 427 g/mol. The van der Waals surface area contributed by atoms with Gasteiger partial charge < -0.3 is 20.9 Å². The molecule has 1 aliphatic rings. The van der Waals surface area contributed by atoms with E-state index in [1.165, 1.54) is 11.3 Å². The quantitative estimate of drug-likeness (QED) is 0.599. The smallest absolute Gasteiger partial charge is 0.312 e. The Labute approximate surface area is 164 Å². The largest absolute Gasteiger partial charge is 0.357 e. The number of H-pyrrole nitrogens is 1. The van der Waals surface area contributed by atoms with Gasteiger partial charge in [0.1, 0.15) is 0 Å². The highest BCUT2D eigenvalue weighted by Crippen LogP contribution is 2.32. The van der Waals surface area contributed by atoms with Crippen LogP contribution in [0, 0.1) is 0 Å². The molecule has 0 unspecified atom stereocenters. The number of hydrogen-bond donors (Lipinski definition) is 3. The second kappa shape index (κ2) is 7.08. The molecule has 0 atom stereocenters. The minimum atomic E-state index is -0.565. The van der Waals surface area contributed by atoms with Crippen LogP contribution in [0.15, 0.2) is 46.9 Å². The topological polar surface area (TPSA) is 91.2 Å². The molecule has 0 bridgehead atoms. The molecule has 27 heavy (non-hydrogen) atoms. The highest BCUT2D eigenvalue weighted by Gasteiger charge is 2.25. The number of fused-ring (bicyclic) bond motifs is 3. The molecule has 4 rings (SSSR count). The number of halogens is 1. The van der Waals surface area contributed by atoms with Crippen LogP contribution in [-0.4, -0.2) is 28.4 Å². The maximum absolute atomic E-state index is 12.9. The van der Waals surface area contributed by atoms with E-state index < -0.39 is 6.03 Å². The number of benzene rings is 2. The number of urea groups is 1. The third-order valence-corrected chi connectivity index (χ3v) is 5.58. The van der Waals surface area contributed by atoms with Crippen molar-refractivity contribution in [2.45, 2.75) is 19.5 Å². The first-order chi connectivity index (χ1) is 13.0. The zero-order chi connectivity index (χ0) is 19.0. The van der Waals surface area contributed by atoms with Gasteiger partial charge in [0.2, 0.25) is 0 Å². The van der Waals surface area contributed by atoms with E-state index in [1.807, 2.05) is 29.2 Å². The lowest BCUT2D eigenvalue weighted by atomic mass is 10.0. The number of rotatable bonds is 3. The Hall–Kier alpha value is -2.80. The van der Waals surface area contributed by atoms with Crippen molar-refractivity contribution in [3.8, 4) is 0 Å². The van der Waals surface area contributed by atoms with E-state index in [2.05, 4.69) is 32.3 Å². The third kappa shape index (κ3) is 3.42. The lowest BCUT2D eigenvalue weighted by molar-refractivity contribution is 0.0735. The lowest BCUT2D eigenvalue weighted by Gasteiger charge is -2.27. The van der Waals surface area contributed by atoms with Crippen molar-refractivity contribution in [1.82, 2.24) is 15.2 Å². The summed E-state index contributed by atoms with van der Waals surface area (Å²) in [6, 6.07) is 12.8. The predicted octanol–water partition coefficient (Wildman–Crippen LogP) is 3.30. The Balaban J connectivity index is 1.53. The molecule has 4 N–H and O–H groups in total. The number of aromatic amines is 1. The molecule has 3 amide bonds. The van der Waals surface area contributed by atoms with E-state index in [0.717, 1.165) is 27.4 Å². The van der Waals surface area contributed by atoms with Crippen molar-refractivity contribution in [3.05, 3.63) is 69.3 Å². The number of nitrogens with one attached hydrogen (secondary N) is 2. The standard InChI is InChI=1S/C20H19BrN4O2/c21-16-3-1-2-14-15-11-25(9-8-17(15)24-18(14)16)19(26)13-6-4-12(5-7-13)10-23-20(22)27/h1-7,24H,8-11H2,(H3,22,23,27). The zero-order valence-corrected chi connectivity index (χ0v) is 16.2. The fourth-order valence-corrected chi connectivity index (χ4v) is 3.98. The number of nitrogens with zero attached hydrogens (tertiary/aromatic N) is 1. The molecule has 138 valence electrons. The number of primary amides is 1. The molecule has 2 heterocycles. The first-order valence-corrected chi connectivity index (χ1v) is 9.51. The monoisotopic (exact) mass is 426 g/mol. The Morgan fingerprint density at radius 2 is 1.96 bits per heavy atom. The molecule has 0 spiro atoms. The average Bonchev–Trinajstić information content (AvgIpc) is 3.05. The molecule has 6 nitrogen and oxygen atoms in total. The third-order valence-electron chi connectivity index (χ3n) is 4.91. The van der Waals surface area contributed by atoms with Crippen molar-refractivity contribution in [3.63, 3.8) is 0 Å². The van der Waals surface area contributed by atoms with E-state index >= 15 is 0 Å². The molecule has 3 aromatic rings. The number of carbonyl (C=O) groups is 2. The van der Waals surface area contributed by atoms with Crippen LogP contribution in [0.25, 0.3) is 10.9 Å². The molecule has 0 aliphatic carbocycles. The number of hydrogen-bond acceptors (Lipinski definition) is 2. The van der Waals surface area contributed by atoms with Crippen LogP contribution in [0.5, 0.6) is 0 Å². The van der Waals surface area contributed by atoms with Gasteiger partial charge in [0.05, 0.1) is 5.52 Å². The Morgan fingerprint density at radius 3 is 2.70 bits per heavy atom. The first kappa shape index (κ1) is 17.6. The van der Waals surface area contributed by atoms with Crippen LogP contribution in [0.2, 0.25) is 0 Å². The molecular weight excluding hydrogens is 408 g/mol. The fraction of sp³-hybridized carbons (Fsp3) is 0.200. The van der Waals surface area contributed by atoms with Crippen molar-refractivity contribution in [1.29, 1.82) is 0 Å².